The number of hydrogen-bond acceptors (Lipinski definition) is 2. The number of amides is 1. The van der Waals surface area contributed by atoms with Gasteiger partial charge in [-0.15, -0.1) is 0 Å². The Morgan fingerprint density at radius 1 is 1.15 bits per heavy atom. The van der Waals surface area contributed by atoms with Crippen LogP contribution in [0, 0.1) is 6.92 Å². The first-order valence-corrected chi connectivity index (χ1v) is 6.72. The van der Waals surface area contributed by atoms with E-state index in [0.29, 0.717) is 10.6 Å². The predicted molar refractivity (Wildman–Crippen MR) is 79.9 cm³/mol. The average Bonchev–Trinajstić information content (AvgIpc) is 2.46. The fourth-order valence-electron chi connectivity index (χ4n) is 1.88. The Hall–Kier alpha value is -1.84. The van der Waals surface area contributed by atoms with Gasteiger partial charge in [0.25, 0.3) is 5.91 Å². The van der Waals surface area contributed by atoms with Crippen LogP contribution in [0.15, 0.2) is 48.5 Å². The first kappa shape index (κ1) is 14.6. The second kappa shape index (κ2) is 6.55. The van der Waals surface area contributed by atoms with Crippen LogP contribution >= 0.6 is 11.6 Å². The van der Waals surface area contributed by atoms with Crippen molar-refractivity contribution in [3.05, 3.63) is 70.2 Å². The number of rotatable bonds is 4. The van der Waals surface area contributed by atoms with Gasteiger partial charge >= 0.3 is 0 Å². The lowest BCUT2D eigenvalue weighted by Crippen LogP contribution is -2.30. The first-order chi connectivity index (χ1) is 9.60. The maximum Gasteiger partial charge on any atom is 0.251 e. The molecule has 2 aromatic carbocycles. The van der Waals surface area contributed by atoms with Crippen LogP contribution in [0.5, 0.6) is 0 Å². The maximum atomic E-state index is 12.1. The molecular formula is C16H16ClNO2. The first-order valence-electron chi connectivity index (χ1n) is 6.34. The Morgan fingerprint density at radius 2 is 1.75 bits per heavy atom. The van der Waals surface area contributed by atoms with E-state index in [1.54, 1.807) is 36.4 Å². The number of benzene rings is 2. The smallest absolute Gasteiger partial charge is 0.251 e. The summed E-state index contributed by atoms with van der Waals surface area (Å²) >= 11 is 5.83. The summed E-state index contributed by atoms with van der Waals surface area (Å²) in [6, 6.07) is 13.9. The van der Waals surface area contributed by atoms with Crippen molar-refractivity contribution in [3.63, 3.8) is 0 Å². The van der Waals surface area contributed by atoms with E-state index in [2.05, 4.69) is 5.32 Å². The Labute approximate surface area is 123 Å². The summed E-state index contributed by atoms with van der Waals surface area (Å²) in [7, 11) is 0. The van der Waals surface area contributed by atoms with E-state index in [0.717, 1.165) is 11.1 Å². The van der Waals surface area contributed by atoms with Gasteiger partial charge in [0.05, 0.1) is 12.6 Å². The molecule has 0 aliphatic rings. The molecule has 0 saturated heterocycles. The zero-order chi connectivity index (χ0) is 14.5. The molecule has 0 heterocycles. The van der Waals surface area contributed by atoms with E-state index in [-0.39, 0.29) is 12.5 Å². The number of aliphatic hydroxyl groups is 1. The van der Waals surface area contributed by atoms with Crippen LogP contribution in [0.1, 0.15) is 27.5 Å². The van der Waals surface area contributed by atoms with Gasteiger partial charge < -0.3 is 10.4 Å². The Balaban J connectivity index is 2.11. The van der Waals surface area contributed by atoms with Crippen molar-refractivity contribution < 1.29 is 9.90 Å². The largest absolute Gasteiger partial charge is 0.394 e. The van der Waals surface area contributed by atoms with Gasteiger partial charge in [0.15, 0.2) is 0 Å². The quantitative estimate of drug-likeness (QED) is 0.908. The SMILES string of the molecule is Cc1ccc(C(=O)NC(CO)c2ccc(Cl)cc2)cc1. The lowest BCUT2D eigenvalue weighted by Gasteiger charge is -2.17. The van der Waals surface area contributed by atoms with E-state index < -0.39 is 6.04 Å². The summed E-state index contributed by atoms with van der Waals surface area (Å²) in [4.78, 5) is 12.1. The number of halogens is 1. The Bertz CT molecular complexity index is 578. The van der Waals surface area contributed by atoms with Gasteiger partial charge in [-0.05, 0) is 36.8 Å². The summed E-state index contributed by atoms with van der Waals surface area (Å²) in [6.45, 7) is 1.80. The van der Waals surface area contributed by atoms with Gasteiger partial charge in [-0.3, -0.25) is 4.79 Å². The summed E-state index contributed by atoms with van der Waals surface area (Å²) in [6.07, 6.45) is 0. The van der Waals surface area contributed by atoms with Crippen LogP contribution in [0.2, 0.25) is 5.02 Å². The third-order valence-electron chi connectivity index (χ3n) is 3.07. The van der Waals surface area contributed by atoms with Crippen LogP contribution in [0.4, 0.5) is 0 Å². The van der Waals surface area contributed by atoms with Crippen molar-refractivity contribution in [2.45, 2.75) is 13.0 Å². The van der Waals surface area contributed by atoms with Gasteiger partial charge in [0, 0.05) is 10.6 Å². The molecule has 0 aromatic heterocycles. The Morgan fingerprint density at radius 3 is 2.30 bits per heavy atom. The number of aryl methyl sites for hydroxylation is 1. The monoisotopic (exact) mass is 289 g/mol. The maximum absolute atomic E-state index is 12.1. The molecule has 2 N–H and O–H groups in total. The number of hydrogen-bond donors (Lipinski definition) is 2. The molecule has 0 radical (unpaired) electrons. The highest BCUT2D eigenvalue weighted by Crippen LogP contribution is 2.17. The van der Waals surface area contributed by atoms with Crippen molar-refractivity contribution in [2.24, 2.45) is 0 Å². The molecule has 2 aromatic rings. The molecule has 1 atom stereocenters. The third-order valence-corrected chi connectivity index (χ3v) is 3.33. The van der Waals surface area contributed by atoms with Gasteiger partial charge in [0.1, 0.15) is 0 Å². The van der Waals surface area contributed by atoms with Crippen LogP contribution in [-0.4, -0.2) is 17.6 Å². The van der Waals surface area contributed by atoms with Crippen molar-refractivity contribution in [1.29, 1.82) is 0 Å². The van der Waals surface area contributed by atoms with Crippen LogP contribution in [0.3, 0.4) is 0 Å². The lowest BCUT2D eigenvalue weighted by molar-refractivity contribution is 0.0916. The molecule has 1 amide bonds. The molecule has 0 fully saturated rings. The topological polar surface area (TPSA) is 49.3 Å². The third kappa shape index (κ3) is 3.59. The summed E-state index contributed by atoms with van der Waals surface area (Å²) < 4.78 is 0. The number of nitrogens with one attached hydrogen (secondary N) is 1. The minimum Gasteiger partial charge on any atom is -0.394 e. The molecule has 2 rings (SSSR count). The molecule has 0 bridgehead atoms. The zero-order valence-corrected chi connectivity index (χ0v) is 11.9. The minimum absolute atomic E-state index is 0.167. The number of aliphatic hydroxyl groups excluding tert-OH is 1. The van der Waals surface area contributed by atoms with Crippen molar-refractivity contribution in [2.75, 3.05) is 6.61 Å². The van der Waals surface area contributed by atoms with Crippen LogP contribution in [-0.2, 0) is 0 Å². The van der Waals surface area contributed by atoms with E-state index >= 15 is 0 Å². The molecule has 0 aliphatic carbocycles. The van der Waals surface area contributed by atoms with E-state index in [1.165, 1.54) is 0 Å². The van der Waals surface area contributed by atoms with Crippen molar-refractivity contribution in [3.8, 4) is 0 Å². The van der Waals surface area contributed by atoms with Gasteiger partial charge in [0.2, 0.25) is 0 Å². The molecular weight excluding hydrogens is 274 g/mol. The zero-order valence-electron chi connectivity index (χ0n) is 11.1. The summed E-state index contributed by atoms with van der Waals surface area (Å²) in [5, 5.41) is 12.9. The number of carbonyl (C=O) groups is 1. The van der Waals surface area contributed by atoms with Crippen LogP contribution < -0.4 is 5.32 Å². The fraction of sp³-hybridized carbons (Fsp3) is 0.188. The molecule has 0 aliphatic heterocycles. The summed E-state index contributed by atoms with van der Waals surface area (Å²) in [5.41, 5.74) is 2.48. The molecule has 0 saturated carbocycles. The normalized spacial score (nSPS) is 11.9. The second-order valence-electron chi connectivity index (χ2n) is 4.63. The molecule has 104 valence electrons. The minimum atomic E-state index is -0.443. The Kier molecular flexibility index (Phi) is 4.77. The summed E-state index contributed by atoms with van der Waals surface area (Å²) in [5.74, 6) is -0.209. The van der Waals surface area contributed by atoms with Crippen LogP contribution in [0.25, 0.3) is 0 Å². The standard InChI is InChI=1S/C16H16ClNO2/c1-11-2-4-13(5-3-11)16(20)18-15(10-19)12-6-8-14(17)9-7-12/h2-9,15,19H,10H2,1H3,(H,18,20). The fourth-order valence-corrected chi connectivity index (χ4v) is 2.00. The van der Waals surface area contributed by atoms with Gasteiger partial charge in [-0.2, -0.15) is 0 Å². The predicted octanol–water partition coefficient (Wildman–Crippen LogP) is 3.11. The highest BCUT2D eigenvalue weighted by molar-refractivity contribution is 6.30. The van der Waals surface area contributed by atoms with Gasteiger partial charge in [-0.1, -0.05) is 41.4 Å². The van der Waals surface area contributed by atoms with Crippen molar-refractivity contribution in [1.82, 2.24) is 5.32 Å². The van der Waals surface area contributed by atoms with Gasteiger partial charge in [-0.25, -0.2) is 0 Å². The average molecular weight is 290 g/mol. The number of carbonyl (C=O) groups excluding carboxylic acids is 1. The van der Waals surface area contributed by atoms with E-state index in [4.69, 9.17) is 11.6 Å². The molecule has 1 unspecified atom stereocenters. The van der Waals surface area contributed by atoms with E-state index in [1.807, 2.05) is 19.1 Å². The lowest BCUT2D eigenvalue weighted by atomic mass is 10.1. The molecule has 0 spiro atoms. The second-order valence-corrected chi connectivity index (χ2v) is 5.06. The van der Waals surface area contributed by atoms with E-state index in [9.17, 15) is 9.90 Å². The molecule has 4 heteroatoms. The molecule has 3 nitrogen and oxygen atoms in total. The highest BCUT2D eigenvalue weighted by Gasteiger charge is 2.14. The van der Waals surface area contributed by atoms with Crippen molar-refractivity contribution >= 4 is 17.5 Å². The molecule has 20 heavy (non-hydrogen) atoms. The highest BCUT2D eigenvalue weighted by atomic mass is 35.5.